The van der Waals surface area contributed by atoms with Crippen molar-refractivity contribution in [1.82, 2.24) is 35.2 Å². The predicted octanol–water partition coefficient (Wildman–Crippen LogP) is 8.54. The number of nitrogens with one attached hydrogen (secondary N) is 3. The van der Waals surface area contributed by atoms with Crippen LogP contribution in [-0.4, -0.2) is 169 Å². The van der Waals surface area contributed by atoms with Crippen molar-refractivity contribution in [2.45, 2.75) is 111 Å². The standard InChI is InChI=1S/C66H84ClN11O12S/c1-41(2)59(72-53(79)15-9-8-10-29-76-54(80)24-25-55(76)81)62(84)78(50(61(68)83)14-13-26-70-63(69)85)47-19-16-43(17-20-47)37-89-64(86)73(6)39-66(4,5)40-74(7)65(87)90-52-34-51-58(57-42(3)38-91-60(52)57)45(35-67)36-77(51)56(82)23-18-46-32-44-33-48(21-22-49(44)71-46)88-31-30-75-27-11-12-28-75/h16-25,32-34,38,41,45,50,59,71H,8-15,26-31,35-37,39-40H2,1-7H3,(H2,68,83)(H,72,79)(H3,69,70,85)/b23-18+/t45-,50+,59+/m1/s1. The van der Waals surface area contributed by atoms with E-state index >= 15 is 0 Å². The van der Waals surface area contributed by atoms with Crippen LogP contribution in [0.3, 0.4) is 0 Å². The average molecular weight is 1290 g/mol. The maximum Gasteiger partial charge on any atom is 0.415 e. The molecule has 25 heteroatoms. The van der Waals surface area contributed by atoms with Gasteiger partial charge in [0.25, 0.3) is 23.6 Å². The lowest BCUT2D eigenvalue weighted by Gasteiger charge is -2.34. The second kappa shape index (κ2) is 31.0. The number of aromatic nitrogens is 1. The minimum absolute atomic E-state index is 0.0336. The first-order valence-electron chi connectivity index (χ1n) is 30.9. The van der Waals surface area contributed by atoms with E-state index in [1.54, 1.807) is 69.3 Å². The Kier molecular flexibility index (Phi) is 23.3. The first-order valence-corrected chi connectivity index (χ1v) is 32.3. The van der Waals surface area contributed by atoms with Crippen LogP contribution in [0.2, 0.25) is 0 Å². The number of aryl methyl sites for hydroxylation is 1. The van der Waals surface area contributed by atoms with E-state index < -0.39 is 59.4 Å². The number of likely N-dealkylation sites (tertiary alicyclic amines) is 1. The van der Waals surface area contributed by atoms with Crippen molar-refractivity contribution in [3.63, 3.8) is 0 Å². The fourth-order valence-electron chi connectivity index (χ4n) is 12.0. The van der Waals surface area contributed by atoms with Gasteiger partial charge in [-0.2, -0.15) is 0 Å². The van der Waals surface area contributed by atoms with Gasteiger partial charge in [-0.25, -0.2) is 14.4 Å². The van der Waals surface area contributed by atoms with E-state index in [0.29, 0.717) is 49.4 Å². The number of H-pyrrole nitrogens is 1. The summed E-state index contributed by atoms with van der Waals surface area (Å²) in [5, 5.41) is 9.16. The number of carbonyl (C=O) groups excluding carboxylic acids is 9. The van der Waals surface area contributed by atoms with Crippen molar-refractivity contribution in [1.29, 1.82) is 0 Å². The zero-order chi connectivity index (χ0) is 65.7. The lowest BCUT2D eigenvalue weighted by molar-refractivity contribution is -0.137. The molecular weight excluding hydrogens is 1210 g/mol. The number of aromatic amines is 1. The number of nitrogens with two attached hydrogens (primary N) is 2. The number of primary amides is 2. The quantitative estimate of drug-likeness (QED) is 0.0125. The summed E-state index contributed by atoms with van der Waals surface area (Å²) in [6, 6.07) is 13.0. The number of benzene rings is 3. The van der Waals surface area contributed by atoms with Crippen LogP contribution in [0.4, 0.5) is 25.8 Å². The molecule has 5 aromatic rings. The highest BCUT2D eigenvalue weighted by atomic mass is 35.5. The van der Waals surface area contributed by atoms with Crippen LogP contribution in [0.25, 0.3) is 27.1 Å². The van der Waals surface area contributed by atoms with E-state index in [1.807, 2.05) is 50.4 Å². The van der Waals surface area contributed by atoms with Gasteiger partial charge in [0.1, 0.15) is 31.0 Å². The van der Waals surface area contributed by atoms with Crippen molar-refractivity contribution in [3.8, 4) is 11.5 Å². The number of unbranched alkanes of at least 4 members (excludes halogenated alkanes) is 2. The van der Waals surface area contributed by atoms with E-state index in [2.05, 4.69) is 20.5 Å². The number of ether oxygens (including phenoxy) is 3. The topological polar surface area (TPSA) is 293 Å². The molecule has 7 N–H and O–H groups in total. The number of hydrogen-bond acceptors (Lipinski definition) is 14. The fraction of sp³-hybridized carbons (Fsp3) is 0.470. The van der Waals surface area contributed by atoms with Gasteiger partial charge in [0, 0.05) is 129 Å². The van der Waals surface area contributed by atoms with Crippen LogP contribution in [0.5, 0.6) is 11.5 Å². The second-order valence-corrected chi connectivity index (χ2v) is 25.9. The Morgan fingerprint density at radius 2 is 1.59 bits per heavy atom. The third-order valence-corrected chi connectivity index (χ3v) is 17.9. The zero-order valence-electron chi connectivity index (χ0n) is 52.9. The van der Waals surface area contributed by atoms with E-state index in [0.717, 1.165) is 68.1 Å². The number of fused-ring (bicyclic) bond motifs is 4. The zero-order valence-corrected chi connectivity index (χ0v) is 54.4. The summed E-state index contributed by atoms with van der Waals surface area (Å²) in [7, 11) is 3.20. The monoisotopic (exact) mass is 1290 g/mol. The SMILES string of the molecule is Cc1csc2c(OC(=O)N(C)CC(C)(C)CN(C)C(=O)OCc3ccc(N(C(=O)[C@@H](NC(=O)CCCCCN4C(=O)C=CC4=O)C(C)C)[C@@H](CCCNC(N)=O)C(N)=O)cc3)cc3c(c12)[C@H](CCl)CN3C(=O)/C=C/c1cc2cc(OCCN3CCCC3)ccc2[nH]1. The first kappa shape index (κ1) is 68.4. The van der Waals surface area contributed by atoms with Gasteiger partial charge in [0.05, 0.1) is 10.4 Å². The van der Waals surface area contributed by atoms with Gasteiger partial charge in [-0.3, -0.25) is 43.5 Å². The molecule has 0 saturated carbocycles. The molecule has 0 radical (unpaired) electrons. The van der Waals surface area contributed by atoms with E-state index in [1.165, 1.54) is 57.1 Å². The van der Waals surface area contributed by atoms with Crippen molar-refractivity contribution >= 4 is 115 Å². The summed E-state index contributed by atoms with van der Waals surface area (Å²) in [5.41, 5.74) is 15.5. The number of halogens is 1. The summed E-state index contributed by atoms with van der Waals surface area (Å²) in [5.74, 6) is -2.10. The van der Waals surface area contributed by atoms with Gasteiger partial charge >= 0.3 is 18.2 Å². The number of carbonyl (C=O) groups is 9. The summed E-state index contributed by atoms with van der Waals surface area (Å²) in [6.07, 6.45) is 8.66. The predicted molar refractivity (Wildman–Crippen MR) is 351 cm³/mol. The molecule has 2 aromatic heterocycles. The summed E-state index contributed by atoms with van der Waals surface area (Å²) in [6.45, 7) is 13.9. The molecule has 1 fully saturated rings. The lowest BCUT2D eigenvalue weighted by atomic mass is 9.92. The van der Waals surface area contributed by atoms with E-state index in [9.17, 15) is 43.2 Å². The number of urea groups is 1. The number of imide groups is 1. The lowest BCUT2D eigenvalue weighted by Crippen LogP contribution is -2.57. The third kappa shape index (κ3) is 17.7. The van der Waals surface area contributed by atoms with Crippen molar-refractivity contribution in [2.24, 2.45) is 22.8 Å². The molecule has 0 bridgehead atoms. The Bertz CT molecular complexity index is 3540. The molecule has 5 heterocycles. The highest BCUT2D eigenvalue weighted by molar-refractivity contribution is 7.17. The summed E-state index contributed by atoms with van der Waals surface area (Å²) in [4.78, 5) is 131. The Morgan fingerprint density at radius 3 is 2.26 bits per heavy atom. The number of thiophene rings is 1. The highest BCUT2D eigenvalue weighted by Gasteiger charge is 2.38. The third-order valence-electron chi connectivity index (χ3n) is 16.5. The number of hydrogen-bond donors (Lipinski definition) is 5. The Hall–Kier alpha value is -8.48. The van der Waals surface area contributed by atoms with Gasteiger partial charge in [-0.15, -0.1) is 22.9 Å². The smallest absolute Gasteiger partial charge is 0.415 e. The number of rotatable bonds is 30. The highest BCUT2D eigenvalue weighted by Crippen LogP contribution is 2.49. The second-order valence-electron chi connectivity index (χ2n) is 24.7. The Morgan fingerprint density at radius 1 is 0.890 bits per heavy atom. The molecule has 0 unspecified atom stereocenters. The van der Waals surface area contributed by atoms with Gasteiger partial charge in [-0.05, 0) is 129 Å². The molecule has 488 valence electrons. The maximum absolute atomic E-state index is 14.6. The van der Waals surface area contributed by atoms with Gasteiger partial charge in [-0.1, -0.05) is 46.2 Å². The van der Waals surface area contributed by atoms with Crippen molar-refractivity contribution in [3.05, 3.63) is 101 Å². The fourth-order valence-corrected chi connectivity index (χ4v) is 13.2. The molecule has 1 saturated heterocycles. The molecule has 3 aliphatic heterocycles. The molecule has 10 amide bonds. The number of alkyl halides is 1. The van der Waals surface area contributed by atoms with Crippen LogP contribution in [-0.2, 0) is 40.1 Å². The van der Waals surface area contributed by atoms with Gasteiger partial charge in [0.2, 0.25) is 11.8 Å². The molecule has 91 heavy (non-hydrogen) atoms. The largest absolute Gasteiger partial charge is 0.492 e. The normalized spacial score (nSPS) is 15.6. The minimum atomic E-state index is -1.21. The molecule has 0 aliphatic carbocycles. The number of anilines is 2. The van der Waals surface area contributed by atoms with E-state index in [-0.39, 0.29) is 87.3 Å². The average Bonchev–Trinajstić information content (AvgIpc) is 1.61. The van der Waals surface area contributed by atoms with Gasteiger partial charge in [0.15, 0.2) is 5.75 Å². The Balaban J connectivity index is 0.868. The van der Waals surface area contributed by atoms with Crippen LogP contribution in [0.1, 0.15) is 107 Å². The molecule has 3 aliphatic rings. The van der Waals surface area contributed by atoms with E-state index in [4.69, 9.17) is 37.3 Å². The summed E-state index contributed by atoms with van der Waals surface area (Å²) >= 11 is 8.06. The van der Waals surface area contributed by atoms with Crippen molar-refractivity contribution in [2.75, 3.05) is 88.7 Å². The van der Waals surface area contributed by atoms with Crippen LogP contribution in [0, 0.1) is 18.3 Å². The maximum atomic E-state index is 14.6. The molecule has 23 nitrogen and oxygen atoms in total. The number of amides is 10. The van der Waals surface area contributed by atoms with Gasteiger partial charge < -0.3 is 56.0 Å². The minimum Gasteiger partial charge on any atom is -0.492 e. The molecular formula is C66H84ClN11O12S. The first-order chi connectivity index (χ1) is 43.4. The molecule has 0 spiro atoms. The molecule has 3 atom stereocenters. The molecule has 8 rings (SSSR count). The van der Waals surface area contributed by atoms with Crippen LogP contribution < -0.4 is 41.4 Å². The molecule has 3 aromatic carbocycles. The van der Waals surface area contributed by atoms with Crippen molar-refractivity contribution < 1.29 is 57.4 Å². The van der Waals surface area contributed by atoms with Crippen LogP contribution in [0.15, 0.2) is 78.2 Å². The van der Waals surface area contributed by atoms with Crippen LogP contribution >= 0.6 is 22.9 Å². The summed E-state index contributed by atoms with van der Waals surface area (Å²) < 4.78 is 18.8. The Labute approximate surface area is 539 Å². The number of nitrogens with zero attached hydrogens (tertiary/aromatic N) is 6.